The minimum absolute atomic E-state index is 0.885. The first kappa shape index (κ1) is 7.34. The van der Waals surface area contributed by atoms with E-state index >= 15 is 0 Å². The molecule has 12 heavy (non-hydrogen) atoms. The molecule has 2 heteroatoms. The average Bonchev–Trinajstić information content (AvgIpc) is 2.55. The van der Waals surface area contributed by atoms with Gasteiger partial charge in [-0.15, -0.1) is 0 Å². The fourth-order valence-electron chi connectivity index (χ4n) is 3.16. The van der Waals surface area contributed by atoms with Gasteiger partial charge in [0.25, 0.3) is 0 Å². The summed E-state index contributed by atoms with van der Waals surface area (Å²) in [6.07, 6.45) is 4.47. The van der Waals surface area contributed by atoms with Crippen molar-refractivity contribution in [3.05, 3.63) is 0 Å². The van der Waals surface area contributed by atoms with Crippen molar-refractivity contribution in [2.75, 3.05) is 26.2 Å². The zero-order valence-electron chi connectivity index (χ0n) is 7.63. The lowest BCUT2D eigenvalue weighted by Crippen LogP contribution is -2.52. The second-order valence-corrected chi connectivity index (χ2v) is 4.80. The first-order valence-electron chi connectivity index (χ1n) is 5.36. The summed E-state index contributed by atoms with van der Waals surface area (Å²) >= 11 is 0. The van der Waals surface area contributed by atoms with Crippen molar-refractivity contribution < 1.29 is 0 Å². The second kappa shape index (κ2) is 2.71. The van der Waals surface area contributed by atoms with E-state index in [9.17, 15) is 0 Å². The molecule has 0 amide bonds. The highest BCUT2D eigenvalue weighted by molar-refractivity contribution is 4.93. The van der Waals surface area contributed by atoms with Gasteiger partial charge in [0.1, 0.15) is 0 Å². The van der Waals surface area contributed by atoms with E-state index in [1.165, 1.54) is 45.4 Å². The zero-order valence-corrected chi connectivity index (χ0v) is 7.63. The third-order valence-electron chi connectivity index (χ3n) is 3.87. The molecule has 3 heterocycles. The van der Waals surface area contributed by atoms with Crippen molar-refractivity contribution in [1.82, 2.24) is 10.2 Å². The molecule has 4 fully saturated rings. The summed E-state index contributed by atoms with van der Waals surface area (Å²) in [6, 6.07) is 0.885. The van der Waals surface area contributed by atoms with Gasteiger partial charge in [-0.1, -0.05) is 0 Å². The first-order valence-corrected chi connectivity index (χ1v) is 5.36. The number of piperidine rings is 2. The molecule has 0 aromatic carbocycles. The van der Waals surface area contributed by atoms with Gasteiger partial charge in [-0.3, -0.25) is 4.90 Å². The molecule has 1 aliphatic carbocycles. The van der Waals surface area contributed by atoms with Gasteiger partial charge in [-0.2, -0.15) is 0 Å². The normalized spacial score (nSPS) is 47.5. The van der Waals surface area contributed by atoms with E-state index in [4.69, 9.17) is 0 Å². The Hall–Kier alpha value is -0.0800. The molecule has 1 atom stereocenters. The van der Waals surface area contributed by atoms with E-state index in [-0.39, 0.29) is 0 Å². The third kappa shape index (κ3) is 1.09. The molecule has 4 rings (SSSR count). The number of hydrogen-bond donors (Lipinski definition) is 1. The van der Waals surface area contributed by atoms with Crippen LogP contribution in [0.1, 0.15) is 19.3 Å². The number of fused-ring (bicyclic) bond motifs is 2. The maximum atomic E-state index is 3.46. The summed E-state index contributed by atoms with van der Waals surface area (Å²) in [6.45, 7) is 5.31. The van der Waals surface area contributed by atoms with Gasteiger partial charge in [0.05, 0.1) is 0 Å². The molecule has 1 saturated carbocycles. The molecule has 1 N–H and O–H groups in total. The molecule has 3 saturated heterocycles. The Kier molecular flexibility index (Phi) is 1.66. The van der Waals surface area contributed by atoms with Crippen LogP contribution in [0, 0.1) is 11.8 Å². The van der Waals surface area contributed by atoms with Crippen LogP contribution in [-0.2, 0) is 0 Å². The number of nitrogens with zero attached hydrogens (tertiary/aromatic N) is 1. The van der Waals surface area contributed by atoms with Crippen molar-refractivity contribution in [3.63, 3.8) is 0 Å². The lowest BCUT2D eigenvalue weighted by Gasteiger charge is -2.49. The second-order valence-electron chi connectivity index (χ2n) is 4.80. The minimum atomic E-state index is 0.885. The molecule has 4 aliphatic rings. The standard InChI is InChI=1S/C10H18N2/c1-2-11-5-10(1)12-6-8-3-9(4-8)7-12/h8-11H,1-7H2. The van der Waals surface area contributed by atoms with Crippen molar-refractivity contribution in [2.24, 2.45) is 11.8 Å². The Morgan fingerprint density at radius 3 is 2.42 bits per heavy atom. The maximum absolute atomic E-state index is 3.46. The Balaban J connectivity index is 1.62. The van der Waals surface area contributed by atoms with Crippen molar-refractivity contribution in [3.8, 4) is 0 Å². The van der Waals surface area contributed by atoms with Gasteiger partial charge in [-0.25, -0.2) is 0 Å². The van der Waals surface area contributed by atoms with E-state index in [0.717, 1.165) is 17.9 Å². The Labute approximate surface area is 74.3 Å². The SMILES string of the molecule is C1CC(N2CC3CC(C3)C2)CN1. The number of hydrogen-bond acceptors (Lipinski definition) is 2. The molecule has 0 aromatic rings. The molecule has 3 aliphatic heterocycles. The highest BCUT2D eigenvalue weighted by Gasteiger charge is 2.39. The number of rotatable bonds is 1. The highest BCUT2D eigenvalue weighted by Crippen LogP contribution is 2.40. The van der Waals surface area contributed by atoms with Gasteiger partial charge in [0.15, 0.2) is 0 Å². The zero-order chi connectivity index (χ0) is 7.97. The fourth-order valence-corrected chi connectivity index (χ4v) is 3.16. The minimum Gasteiger partial charge on any atom is -0.315 e. The van der Waals surface area contributed by atoms with Crippen LogP contribution in [0.4, 0.5) is 0 Å². The third-order valence-corrected chi connectivity index (χ3v) is 3.87. The van der Waals surface area contributed by atoms with Crippen molar-refractivity contribution >= 4 is 0 Å². The molecule has 0 spiro atoms. The van der Waals surface area contributed by atoms with Crippen molar-refractivity contribution in [2.45, 2.75) is 25.3 Å². The van der Waals surface area contributed by atoms with Crippen LogP contribution >= 0.6 is 0 Å². The van der Waals surface area contributed by atoms with Crippen LogP contribution in [0.5, 0.6) is 0 Å². The number of nitrogens with one attached hydrogen (secondary N) is 1. The van der Waals surface area contributed by atoms with Crippen LogP contribution in [-0.4, -0.2) is 37.1 Å². The van der Waals surface area contributed by atoms with Gasteiger partial charge < -0.3 is 5.32 Å². The molecule has 2 bridgehead atoms. The van der Waals surface area contributed by atoms with Gasteiger partial charge in [0.2, 0.25) is 0 Å². The molecular weight excluding hydrogens is 148 g/mol. The maximum Gasteiger partial charge on any atom is 0.0232 e. The fraction of sp³-hybridized carbons (Fsp3) is 1.00. The monoisotopic (exact) mass is 166 g/mol. The summed E-state index contributed by atoms with van der Waals surface area (Å²) in [7, 11) is 0. The molecular formula is C10H18N2. The summed E-state index contributed by atoms with van der Waals surface area (Å²) in [5.41, 5.74) is 0. The molecule has 68 valence electrons. The molecule has 2 nitrogen and oxygen atoms in total. The quantitative estimate of drug-likeness (QED) is 0.616. The summed E-state index contributed by atoms with van der Waals surface area (Å²) in [5.74, 6) is 2.15. The van der Waals surface area contributed by atoms with Crippen molar-refractivity contribution in [1.29, 1.82) is 0 Å². The van der Waals surface area contributed by atoms with Crippen LogP contribution in [0.15, 0.2) is 0 Å². The lowest BCUT2D eigenvalue weighted by molar-refractivity contribution is 0.00597. The van der Waals surface area contributed by atoms with E-state index in [0.29, 0.717) is 0 Å². The summed E-state index contributed by atoms with van der Waals surface area (Å²) < 4.78 is 0. The van der Waals surface area contributed by atoms with Gasteiger partial charge >= 0.3 is 0 Å². The van der Waals surface area contributed by atoms with Crippen LogP contribution in [0.3, 0.4) is 0 Å². The largest absolute Gasteiger partial charge is 0.315 e. The molecule has 1 unspecified atom stereocenters. The first-order chi connectivity index (χ1) is 5.92. The highest BCUT2D eigenvalue weighted by atomic mass is 15.2. The van der Waals surface area contributed by atoms with Gasteiger partial charge in [0, 0.05) is 25.7 Å². The van der Waals surface area contributed by atoms with Crippen LogP contribution in [0.2, 0.25) is 0 Å². The summed E-state index contributed by atoms with van der Waals surface area (Å²) in [5, 5.41) is 3.46. The van der Waals surface area contributed by atoms with Crippen LogP contribution in [0.25, 0.3) is 0 Å². The molecule has 0 radical (unpaired) electrons. The van der Waals surface area contributed by atoms with Crippen LogP contribution < -0.4 is 5.32 Å². The van der Waals surface area contributed by atoms with E-state index in [1.807, 2.05) is 0 Å². The molecule has 0 aromatic heterocycles. The van der Waals surface area contributed by atoms with E-state index < -0.39 is 0 Å². The van der Waals surface area contributed by atoms with E-state index in [1.54, 1.807) is 0 Å². The van der Waals surface area contributed by atoms with E-state index in [2.05, 4.69) is 10.2 Å². The Bertz CT molecular complexity index is 159. The lowest BCUT2D eigenvalue weighted by atomic mass is 9.71. The van der Waals surface area contributed by atoms with Gasteiger partial charge in [-0.05, 0) is 37.6 Å². The predicted octanol–water partition coefficient (Wildman–Crippen LogP) is 0.690. The average molecular weight is 166 g/mol. The summed E-state index contributed by atoms with van der Waals surface area (Å²) in [4.78, 5) is 2.74. The Morgan fingerprint density at radius 1 is 1.08 bits per heavy atom. The Morgan fingerprint density at radius 2 is 1.83 bits per heavy atom. The smallest absolute Gasteiger partial charge is 0.0232 e. The topological polar surface area (TPSA) is 15.3 Å². The predicted molar refractivity (Wildman–Crippen MR) is 49.1 cm³/mol.